The van der Waals surface area contributed by atoms with Crippen LogP contribution in [0.25, 0.3) is 0 Å². The van der Waals surface area contributed by atoms with Crippen LogP contribution in [0.1, 0.15) is 26.3 Å². The minimum Gasteiger partial charge on any atom is -0.472 e. The molecule has 0 fully saturated rings. The van der Waals surface area contributed by atoms with Crippen LogP contribution in [0, 0.1) is 0 Å². The van der Waals surface area contributed by atoms with Crippen LogP contribution in [0.4, 0.5) is 0 Å². The maximum atomic E-state index is 6.02. The van der Waals surface area contributed by atoms with Gasteiger partial charge in [-0.3, -0.25) is 0 Å². The number of furan rings is 1. The van der Waals surface area contributed by atoms with E-state index in [1.54, 1.807) is 12.5 Å². The Bertz CT molecular complexity index is 270. The highest BCUT2D eigenvalue weighted by Crippen LogP contribution is 2.36. The van der Waals surface area contributed by atoms with Crippen molar-refractivity contribution < 1.29 is 8.84 Å². The summed E-state index contributed by atoms with van der Waals surface area (Å²) < 4.78 is 11.0. The Kier molecular flexibility index (Phi) is 3.22. The van der Waals surface area contributed by atoms with E-state index in [0.717, 1.165) is 5.56 Å². The summed E-state index contributed by atoms with van der Waals surface area (Å²) >= 11 is 0. The van der Waals surface area contributed by atoms with E-state index in [0.29, 0.717) is 6.61 Å². The summed E-state index contributed by atoms with van der Waals surface area (Å²) in [5.74, 6) is 0. The minimum absolute atomic E-state index is 0.275. The van der Waals surface area contributed by atoms with Crippen LogP contribution in [0.3, 0.4) is 0 Å². The highest BCUT2D eigenvalue weighted by Gasteiger charge is 2.36. The highest BCUT2D eigenvalue weighted by molar-refractivity contribution is 6.74. The second kappa shape index (κ2) is 3.91. The maximum Gasteiger partial charge on any atom is 0.192 e. The quantitative estimate of drug-likeness (QED) is 0.711. The van der Waals surface area contributed by atoms with Gasteiger partial charge in [0.1, 0.15) is 0 Å². The van der Waals surface area contributed by atoms with E-state index >= 15 is 0 Å². The molecular formula is C11H20O2Si. The van der Waals surface area contributed by atoms with Gasteiger partial charge in [0.05, 0.1) is 19.1 Å². The summed E-state index contributed by atoms with van der Waals surface area (Å²) in [5.41, 5.74) is 1.12. The summed E-state index contributed by atoms with van der Waals surface area (Å²) in [6.07, 6.45) is 3.43. The number of hydrogen-bond acceptors (Lipinski definition) is 2. The number of hydrogen-bond donors (Lipinski definition) is 0. The minimum atomic E-state index is -1.60. The molecule has 80 valence electrons. The van der Waals surface area contributed by atoms with Crippen LogP contribution in [0.2, 0.25) is 18.1 Å². The van der Waals surface area contributed by atoms with Crippen molar-refractivity contribution >= 4 is 8.32 Å². The normalized spacial score (nSPS) is 13.2. The van der Waals surface area contributed by atoms with Gasteiger partial charge in [-0.25, -0.2) is 0 Å². The zero-order valence-electron chi connectivity index (χ0n) is 9.76. The Labute approximate surface area is 87.4 Å². The van der Waals surface area contributed by atoms with Crippen molar-refractivity contribution in [1.82, 2.24) is 0 Å². The van der Waals surface area contributed by atoms with E-state index in [9.17, 15) is 0 Å². The van der Waals surface area contributed by atoms with Crippen molar-refractivity contribution in [1.29, 1.82) is 0 Å². The fourth-order valence-electron chi connectivity index (χ4n) is 0.855. The third kappa shape index (κ3) is 2.72. The molecule has 0 amide bonds. The molecule has 0 aromatic carbocycles. The van der Waals surface area contributed by atoms with Crippen molar-refractivity contribution in [2.45, 2.75) is 45.5 Å². The average Bonchev–Trinajstić information content (AvgIpc) is 2.50. The zero-order chi connectivity index (χ0) is 10.8. The first-order chi connectivity index (χ1) is 6.33. The zero-order valence-corrected chi connectivity index (χ0v) is 10.8. The van der Waals surface area contributed by atoms with E-state index in [1.807, 2.05) is 6.07 Å². The molecule has 0 aliphatic carbocycles. The largest absolute Gasteiger partial charge is 0.472 e. The lowest BCUT2D eigenvalue weighted by Crippen LogP contribution is -2.40. The third-order valence-corrected chi connectivity index (χ3v) is 7.46. The predicted molar refractivity (Wildman–Crippen MR) is 60.7 cm³/mol. The Balaban J connectivity index is 2.53. The second-order valence-corrected chi connectivity index (χ2v) is 9.99. The lowest BCUT2D eigenvalue weighted by atomic mass is 10.2. The van der Waals surface area contributed by atoms with Crippen LogP contribution >= 0.6 is 0 Å². The van der Waals surface area contributed by atoms with Crippen molar-refractivity contribution in [2.75, 3.05) is 0 Å². The van der Waals surface area contributed by atoms with Crippen LogP contribution in [-0.2, 0) is 11.0 Å². The van der Waals surface area contributed by atoms with Gasteiger partial charge >= 0.3 is 0 Å². The summed E-state index contributed by atoms with van der Waals surface area (Å²) in [6, 6.07) is 1.95. The molecule has 0 saturated carbocycles. The van der Waals surface area contributed by atoms with Crippen LogP contribution in [-0.4, -0.2) is 8.32 Å². The van der Waals surface area contributed by atoms with E-state index in [-0.39, 0.29) is 5.04 Å². The molecule has 1 aromatic heterocycles. The monoisotopic (exact) mass is 212 g/mol. The first-order valence-corrected chi connectivity index (χ1v) is 7.89. The smallest absolute Gasteiger partial charge is 0.192 e. The molecule has 2 nitrogen and oxygen atoms in total. The SMILES string of the molecule is CC(C)(C)[Si](C)(C)OCc1ccoc1. The standard InChI is InChI=1S/C11H20O2Si/c1-11(2,3)14(4,5)13-9-10-6-7-12-8-10/h6-8H,9H2,1-5H3. The lowest BCUT2D eigenvalue weighted by molar-refractivity contribution is 0.275. The Morgan fingerprint density at radius 1 is 1.36 bits per heavy atom. The van der Waals surface area contributed by atoms with Gasteiger partial charge in [0, 0.05) is 5.56 Å². The topological polar surface area (TPSA) is 22.4 Å². The molecular weight excluding hydrogens is 192 g/mol. The molecule has 0 aliphatic rings. The molecule has 0 bridgehead atoms. The van der Waals surface area contributed by atoms with E-state index in [1.165, 1.54) is 0 Å². The lowest BCUT2D eigenvalue weighted by Gasteiger charge is -2.36. The van der Waals surface area contributed by atoms with Gasteiger partial charge in [-0.05, 0) is 24.2 Å². The van der Waals surface area contributed by atoms with Gasteiger partial charge in [0.25, 0.3) is 0 Å². The van der Waals surface area contributed by atoms with Crippen molar-refractivity contribution in [3.05, 3.63) is 24.2 Å². The van der Waals surface area contributed by atoms with E-state index in [2.05, 4.69) is 33.9 Å². The summed E-state index contributed by atoms with van der Waals surface area (Å²) in [6.45, 7) is 11.9. The van der Waals surface area contributed by atoms with Gasteiger partial charge in [-0.2, -0.15) is 0 Å². The highest BCUT2D eigenvalue weighted by atomic mass is 28.4. The molecule has 0 saturated heterocycles. The fourth-order valence-corrected chi connectivity index (χ4v) is 1.82. The van der Waals surface area contributed by atoms with Gasteiger partial charge in [0.15, 0.2) is 8.32 Å². The van der Waals surface area contributed by atoms with E-state index in [4.69, 9.17) is 8.84 Å². The first-order valence-electron chi connectivity index (χ1n) is 4.98. The molecule has 3 heteroatoms. The van der Waals surface area contributed by atoms with Gasteiger partial charge in [-0.1, -0.05) is 20.8 Å². The van der Waals surface area contributed by atoms with Crippen LogP contribution in [0.15, 0.2) is 23.0 Å². The van der Waals surface area contributed by atoms with Gasteiger partial charge < -0.3 is 8.84 Å². The molecule has 0 spiro atoms. The molecule has 0 unspecified atom stereocenters. The first kappa shape index (κ1) is 11.5. The molecule has 1 rings (SSSR count). The molecule has 1 aromatic rings. The predicted octanol–water partition coefficient (Wildman–Crippen LogP) is 3.80. The fraction of sp³-hybridized carbons (Fsp3) is 0.636. The molecule has 1 heterocycles. The third-order valence-electron chi connectivity index (χ3n) is 2.99. The number of rotatable bonds is 3. The average molecular weight is 212 g/mol. The molecule has 14 heavy (non-hydrogen) atoms. The molecule has 0 radical (unpaired) electrons. The Morgan fingerprint density at radius 3 is 2.43 bits per heavy atom. The molecule has 0 atom stereocenters. The van der Waals surface area contributed by atoms with Crippen LogP contribution in [0.5, 0.6) is 0 Å². The summed E-state index contributed by atoms with van der Waals surface area (Å²) in [5, 5.41) is 0.275. The Hall–Kier alpha value is -0.543. The van der Waals surface area contributed by atoms with Gasteiger partial charge in [-0.15, -0.1) is 0 Å². The summed E-state index contributed by atoms with van der Waals surface area (Å²) in [4.78, 5) is 0. The second-order valence-electron chi connectivity index (χ2n) is 5.18. The Morgan fingerprint density at radius 2 is 2.00 bits per heavy atom. The maximum absolute atomic E-state index is 6.02. The van der Waals surface area contributed by atoms with Crippen molar-refractivity contribution in [3.8, 4) is 0 Å². The van der Waals surface area contributed by atoms with Crippen molar-refractivity contribution in [3.63, 3.8) is 0 Å². The summed E-state index contributed by atoms with van der Waals surface area (Å²) in [7, 11) is -1.60. The molecule has 0 aliphatic heterocycles. The van der Waals surface area contributed by atoms with Gasteiger partial charge in [0.2, 0.25) is 0 Å². The van der Waals surface area contributed by atoms with Crippen LogP contribution < -0.4 is 0 Å². The van der Waals surface area contributed by atoms with Crippen molar-refractivity contribution in [2.24, 2.45) is 0 Å². The molecule has 0 N–H and O–H groups in total. The van der Waals surface area contributed by atoms with E-state index < -0.39 is 8.32 Å².